The van der Waals surface area contributed by atoms with Crippen molar-refractivity contribution in [1.82, 2.24) is 0 Å². The molecule has 0 heterocycles. The minimum Gasteiger partial charge on any atom is -0.455 e. The Hall–Kier alpha value is -0.640. The molecule has 0 aromatic carbocycles. The van der Waals surface area contributed by atoms with E-state index in [9.17, 15) is 19.1 Å². The van der Waals surface area contributed by atoms with Crippen molar-refractivity contribution in [3.8, 4) is 0 Å². The van der Waals surface area contributed by atoms with Crippen LogP contribution in [0.4, 0.5) is 0 Å². The lowest BCUT2D eigenvalue weighted by Crippen LogP contribution is -2.39. The van der Waals surface area contributed by atoms with Crippen LogP contribution in [0, 0.1) is 0 Å². The summed E-state index contributed by atoms with van der Waals surface area (Å²) in [6.07, 6.45) is 13.5. The molecule has 5 nitrogen and oxygen atoms in total. The van der Waals surface area contributed by atoms with Gasteiger partial charge in [0.2, 0.25) is 0 Å². The average molecular weight is 419 g/mol. The Kier molecular flexibility index (Phi) is 14.9. The molecule has 0 radical (unpaired) electrons. The molecule has 0 atom stereocenters. The van der Waals surface area contributed by atoms with E-state index in [2.05, 4.69) is 20.4 Å². The topological polar surface area (TPSA) is 83.8 Å². The van der Waals surface area contributed by atoms with E-state index in [-0.39, 0.29) is 5.57 Å². The molecule has 0 saturated carbocycles. The fourth-order valence-corrected chi connectivity index (χ4v) is 4.66. The Labute approximate surface area is 172 Å². The predicted octanol–water partition coefficient (Wildman–Crippen LogP) is 6.52. The quantitative estimate of drug-likeness (QED) is 0.114. The summed E-state index contributed by atoms with van der Waals surface area (Å²) >= 11 is 0. The third-order valence-corrected chi connectivity index (χ3v) is 6.11. The maximum atomic E-state index is 12.2. The summed E-state index contributed by atoms with van der Waals surface area (Å²) in [6.45, 7) is 9.54. The van der Waals surface area contributed by atoms with Gasteiger partial charge >= 0.3 is 13.6 Å². The number of hydrogen-bond acceptors (Lipinski definition) is 3. The predicted molar refractivity (Wildman–Crippen MR) is 117 cm³/mol. The second-order valence-corrected chi connectivity index (χ2v) is 9.86. The van der Waals surface area contributed by atoms with Gasteiger partial charge in [-0.2, -0.15) is 0 Å². The first kappa shape index (κ1) is 27.4. The van der Waals surface area contributed by atoms with E-state index in [0.717, 1.165) is 38.5 Å². The van der Waals surface area contributed by atoms with Crippen LogP contribution in [0.15, 0.2) is 12.2 Å². The molecular weight excluding hydrogens is 375 g/mol. The van der Waals surface area contributed by atoms with Gasteiger partial charge in [-0.05, 0) is 32.6 Å². The molecule has 0 rings (SSSR count). The zero-order chi connectivity index (χ0) is 21.5. The maximum absolute atomic E-state index is 12.2. The van der Waals surface area contributed by atoms with Crippen LogP contribution in [0.1, 0.15) is 111 Å². The SMILES string of the molecule is C=C(C)C(=O)OC(CCCCCCCC)(CCCCCCCC)CP(=O)(O)O. The van der Waals surface area contributed by atoms with Crippen LogP contribution in [0.3, 0.4) is 0 Å². The van der Waals surface area contributed by atoms with Crippen LogP contribution in [0.5, 0.6) is 0 Å². The summed E-state index contributed by atoms with van der Waals surface area (Å²) in [5, 5.41) is 0. The fraction of sp³-hybridized carbons (Fsp3) is 0.864. The maximum Gasteiger partial charge on any atom is 0.333 e. The summed E-state index contributed by atoms with van der Waals surface area (Å²) in [6, 6.07) is 0. The van der Waals surface area contributed by atoms with E-state index in [4.69, 9.17) is 4.74 Å². The van der Waals surface area contributed by atoms with Crippen molar-refractivity contribution in [1.29, 1.82) is 0 Å². The normalized spacial score (nSPS) is 12.2. The molecule has 2 N–H and O–H groups in total. The number of carbonyl (C=O) groups is 1. The van der Waals surface area contributed by atoms with Crippen LogP contribution in [0.25, 0.3) is 0 Å². The highest BCUT2D eigenvalue weighted by molar-refractivity contribution is 7.51. The largest absolute Gasteiger partial charge is 0.455 e. The molecule has 0 saturated heterocycles. The first-order chi connectivity index (χ1) is 13.2. The van der Waals surface area contributed by atoms with E-state index in [0.29, 0.717) is 12.8 Å². The van der Waals surface area contributed by atoms with Crippen molar-refractivity contribution < 1.29 is 23.9 Å². The molecule has 0 aliphatic carbocycles. The van der Waals surface area contributed by atoms with Crippen molar-refractivity contribution in [2.75, 3.05) is 6.16 Å². The molecule has 166 valence electrons. The lowest BCUT2D eigenvalue weighted by atomic mass is 9.90. The van der Waals surface area contributed by atoms with E-state index in [1.165, 1.54) is 38.5 Å². The summed E-state index contributed by atoms with van der Waals surface area (Å²) in [4.78, 5) is 31.5. The molecule has 0 amide bonds. The molecule has 0 unspecified atom stereocenters. The lowest BCUT2D eigenvalue weighted by molar-refractivity contribution is -0.154. The highest BCUT2D eigenvalue weighted by Gasteiger charge is 2.39. The highest BCUT2D eigenvalue weighted by atomic mass is 31.2. The molecule has 0 bridgehead atoms. The number of hydrogen-bond donors (Lipinski definition) is 2. The van der Waals surface area contributed by atoms with Crippen molar-refractivity contribution in [2.24, 2.45) is 0 Å². The number of ether oxygens (including phenoxy) is 1. The monoisotopic (exact) mass is 418 g/mol. The summed E-state index contributed by atoms with van der Waals surface area (Å²) in [5.41, 5.74) is -0.828. The second-order valence-electron chi connectivity index (χ2n) is 8.21. The third kappa shape index (κ3) is 14.4. The van der Waals surface area contributed by atoms with Crippen molar-refractivity contribution in [3.63, 3.8) is 0 Å². The lowest BCUT2D eigenvalue weighted by Gasteiger charge is -2.34. The molecular formula is C22H43O5P. The molecule has 28 heavy (non-hydrogen) atoms. The zero-order valence-corrected chi connectivity index (χ0v) is 19.3. The van der Waals surface area contributed by atoms with Gasteiger partial charge in [-0.25, -0.2) is 4.79 Å². The Morgan fingerprint density at radius 1 is 0.857 bits per heavy atom. The molecule has 0 aliphatic heterocycles. The zero-order valence-electron chi connectivity index (χ0n) is 18.4. The van der Waals surface area contributed by atoms with E-state index in [1.807, 2.05) is 0 Å². The third-order valence-electron chi connectivity index (χ3n) is 5.12. The average Bonchev–Trinajstić information content (AvgIpc) is 2.59. The van der Waals surface area contributed by atoms with Crippen LogP contribution in [-0.4, -0.2) is 27.5 Å². The Bertz CT molecular complexity index is 467. The van der Waals surface area contributed by atoms with Crippen LogP contribution >= 0.6 is 7.60 Å². The van der Waals surface area contributed by atoms with Gasteiger partial charge in [0.15, 0.2) is 0 Å². The van der Waals surface area contributed by atoms with Crippen LogP contribution in [-0.2, 0) is 14.1 Å². The van der Waals surface area contributed by atoms with Gasteiger partial charge in [-0.3, -0.25) is 4.57 Å². The summed E-state index contributed by atoms with van der Waals surface area (Å²) in [5.74, 6) is -0.551. The Morgan fingerprint density at radius 2 is 1.25 bits per heavy atom. The van der Waals surface area contributed by atoms with Crippen LogP contribution < -0.4 is 0 Å². The van der Waals surface area contributed by atoms with Crippen molar-refractivity contribution in [2.45, 2.75) is 116 Å². The molecule has 0 spiro atoms. The van der Waals surface area contributed by atoms with Gasteiger partial charge in [0, 0.05) is 5.57 Å². The Balaban J connectivity index is 5.00. The first-order valence-corrected chi connectivity index (χ1v) is 12.9. The standard InChI is InChI=1S/C22H43O5P/c1-5-7-9-11-13-15-17-22(19-28(24,25)26,27-21(23)20(3)4)18-16-14-12-10-8-6-2/h3,5-19H2,1-2,4H3,(H2,24,25,26). The fourth-order valence-electron chi connectivity index (χ4n) is 3.53. The van der Waals surface area contributed by atoms with Crippen LogP contribution in [0.2, 0.25) is 0 Å². The molecule has 0 aromatic heterocycles. The summed E-state index contributed by atoms with van der Waals surface area (Å²) < 4.78 is 17.5. The summed E-state index contributed by atoms with van der Waals surface area (Å²) in [7, 11) is -4.31. The van der Waals surface area contributed by atoms with Crippen molar-refractivity contribution in [3.05, 3.63) is 12.2 Å². The highest BCUT2D eigenvalue weighted by Crippen LogP contribution is 2.44. The molecule has 0 fully saturated rings. The van der Waals surface area contributed by atoms with Gasteiger partial charge in [0.25, 0.3) is 0 Å². The first-order valence-electron chi connectivity index (χ1n) is 11.1. The van der Waals surface area contributed by atoms with E-state index >= 15 is 0 Å². The molecule has 6 heteroatoms. The van der Waals surface area contributed by atoms with Gasteiger partial charge in [0.05, 0.1) is 6.16 Å². The van der Waals surface area contributed by atoms with Crippen molar-refractivity contribution >= 4 is 13.6 Å². The number of rotatable bonds is 18. The van der Waals surface area contributed by atoms with Gasteiger partial charge < -0.3 is 14.5 Å². The van der Waals surface area contributed by atoms with Gasteiger partial charge in [0.1, 0.15) is 5.60 Å². The smallest absolute Gasteiger partial charge is 0.333 e. The Morgan fingerprint density at radius 3 is 1.61 bits per heavy atom. The van der Waals surface area contributed by atoms with Gasteiger partial charge in [-0.15, -0.1) is 0 Å². The minimum absolute atomic E-state index is 0.265. The molecule has 0 aromatic rings. The van der Waals surface area contributed by atoms with Gasteiger partial charge in [-0.1, -0.05) is 84.6 Å². The second kappa shape index (κ2) is 15.2. The number of carbonyl (C=O) groups excluding carboxylic acids is 1. The minimum atomic E-state index is -4.31. The number of esters is 1. The molecule has 0 aliphatic rings. The van der Waals surface area contributed by atoms with E-state index in [1.54, 1.807) is 6.92 Å². The number of unbranched alkanes of at least 4 members (excludes halogenated alkanes) is 10. The van der Waals surface area contributed by atoms with E-state index < -0.39 is 25.3 Å².